The molecule has 0 bridgehead atoms. The maximum atomic E-state index is 14.4. The first-order valence-electron chi connectivity index (χ1n) is 14.3. The van der Waals surface area contributed by atoms with Crippen molar-refractivity contribution in [3.8, 4) is 5.75 Å². The standard InChI is InChI=1S/C31H35Cl3N4O7S/c1-6-20(4)35-31(40)26(7-2)36(17-21-9-10-22(32)14-25(21)34)30(39)18-37(28-15-23(33)11-13-29(28)45-5)46(43,44)24-12-8-19(3)27(16-24)38(41)42/h8-16,20,26H,6-7,17-18H2,1-5H3,(H,35,40)/t20-,26-/m0/s1. The molecule has 0 heterocycles. The number of aryl methyl sites for hydroxylation is 1. The van der Waals surface area contributed by atoms with Gasteiger partial charge in [-0.05, 0) is 68.7 Å². The van der Waals surface area contributed by atoms with Gasteiger partial charge in [0.15, 0.2) is 0 Å². The van der Waals surface area contributed by atoms with E-state index in [1.807, 2.05) is 13.8 Å². The van der Waals surface area contributed by atoms with Crippen molar-refractivity contribution in [3.05, 3.63) is 90.9 Å². The third kappa shape index (κ3) is 8.61. The summed E-state index contributed by atoms with van der Waals surface area (Å²) in [6.07, 6.45) is 0.832. The monoisotopic (exact) mass is 712 g/mol. The van der Waals surface area contributed by atoms with Crippen LogP contribution in [-0.2, 0) is 26.2 Å². The minimum Gasteiger partial charge on any atom is -0.495 e. The number of amides is 2. The molecule has 0 aliphatic rings. The molecule has 3 rings (SSSR count). The summed E-state index contributed by atoms with van der Waals surface area (Å²) < 4.78 is 34.8. The molecule has 11 nitrogen and oxygen atoms in total. The Balaban J connectivity index is 2.21. The summed E-state index contributed by atoms with van der Waals surface area (Å²) in [5.74, 6) is -1.13. The summed E-state index contributed by atoms with van der Waals surface area (Å²) >= 11 is 18.8. The second-order valence-corrected chi connectivity index (χ2v) is 13.7. The third-order valence-corrected chi connectivity index (χ3v) is 9.97. The number of carbonyl (C=O) groups is 2. The van der Waals surface area contributed by atoms with E-state index in [1.165, 1.54) is 55.3 Å². The fraction of sp³-hybridized carbons (Fsp3) is 0.355. The fourth-order valence-electron chi connectivity index (χ4n) is 4.64. The molecule has 0 aliphatic carbocycles. The average Bonchev–Trinajstić information content (AvgIpc) is 3.00. The van der Waals surface area contributed by atoms with Gasteiger partial charge in [-0.15, -0.1) is 0 Å². The molecule has 0 radical (unpaired) electrons. The van der Waals surface area contributed by atoms with E-state index >= 15 is 0 Å². The smallest absolute Gasteiger partial charge is 0.273 e. The largest absolute Gasteiger partial charge is 0.495 e. The number of carbonyl (C=O) groups excluding carboxylic acids is 2. The van der Waals surface area contributed by atoms with Crippen LogP contribution in [0, 0.1) is 17.0 Å². The second-order valence-electron chi connectivity index (χ2n) is 10.5. The van der Waals surface area contributed by atoms with Crippen LogP contribution in [-0.4, -0.2) is 55.8 Å². The van der Waals surface area contributed by atoms with Crippen molar-refractivity contribution >= 4 is 68.0 Å². The minimum absolute atomic E-state index is 0.0660. The second kappa shape index (κ2) is 15.8. The number of ether oxygens (including phenoxy) is 1. The number of halogens is 3. The van der Waals surface area contributed by atoms with E-state index in [-0.39, 0.29) is 46.1 Å². The van der Waals surface area contributed by atoms with E-state index in [9.17, 15) is 28.1 Å². The predicted molar refractivity (Wildman–Crippen MR) is 179 cm³/mol. The van der Waals surface area contributed by atoms with Gasteiger partial charge in [0.05, 0.1) is 22.6 Å². The van der Waals surface area contributed by atoms with E-state index in [0.29, 0.717) is 17.0 Å². The Labute approximate surface area is 283 Å². The van der Waals surface area contributed by atoms with Crippen molar-refractivity contribution < 1.29 is 27.7 Å². The molecule has 2 amide bonds. The van der Waals surface area contributed by atoms with Crippen LogP contribution < -0.4 is 14.4 Å². The lowest BCUT2D eigenvalue weighted by atomic mass is 10.1. The molecule has 3 aromatic rings. The molecule has 0 aromatic heterocycles. The molecule has 1 N–H and O–H groups in total. The highest BCUT2D eigenvalue weighted by Gasteiger charge is 2.36. The van der Waals surface area contributed by atoms with E-state index in [0.717, 1.165) is 10.4 Å². The number of hydrogen-bond donors (Lipinski definition) is 1. The van der Waals surface area contributed by atoms with Crippen LogP contribution in [0.1, 0.15) is 44.7 Å². The van der Waals surface area contributed by atoms with Gasteiger partial charge in [-0.3, -0.25) is 24.0 Å². The van der Waals surface area contributed by atoms with Gasteiger partial charge in [0.2, 0.25) is 11.8 Å². The first-order valence-corrected chi connectivity index (χ1v) is 16.9. The average molecular weight is 714 g/mol. The number of nitro benzene ring substituents is 1. The molecule has 0 spiro atoms. The number of nitro groups is 1. The number of methoxy groups -OCH3 is 1. The highest BCUT2D eigenvalue weighted by Crippen LogP contribution is 2.36. The molecule has 3 aromatic carbocycles. The summed E-state index contributed by atoms with van der Waals surface area (Å²) in [6.45, 7) is 5.96. The van der Waals surface area contributed by atoms with Crippen LogP contribution in [0.15, 0.2) is 59.5 Å². The van der Waals surface area contributed by atoms with Gasteiger partial charge in [0, 0.05) is 39.3 Å². The zero-order chi connectivity index (χ0) is 34.3. The molecule has 248 valence electrons. The van der Waals surface area contributed by atoms with Gasteiger partial charge >= 0.3 is 0 Å². The molecule has 2 atom stereocenters. The third-order valence-electron chi connectivity index (χ3n) is 7.40. The fourth-order valence-corrected chi connectivity index (χ4v) is 6.71. The number of anilines is 1. The van der Waals surface area contributed by atoms with Crippen molar-refractivity contribution in [1.29, 1.82) is 0 Å². The maximum absolute atomic E-state index is 14.4. The molecule has 0 fully saturated rings. The first-order chi connectivity index (χ1) is 21.6. The molecule has 0 saturated heterocycles. The summed E-state index contributed by atoms with van der Waals surface area (Å²) in [5, 5.41) is 15.3. The molecular formula is C31H35Cl3N4O7S. The SMILES string of the molecule is CC[C@H](C)NC(=O)[C@H](CC)N(Cc1ccc(Cl)cc1Cl)C(=O)CN(c1cc(Cl)ccc1OC)S(=O)(=O)c1ccc(C)c([N+](=O)[O-])c1. The van der Waals surface area contributed by atoms with Crippen LogP contribution in [0.2, 0.25) is 15.1 Å². The Morgan fingerprint density at radius 3 is 2.24 bits per heavy atom. The van der Waals surface area contributed by atoms with Crippen molar-refractivity contribution in [2.24, 2.45) is 0 Å². The van der Waals surface area contributed by atoms with Crippen LogP contribution >= 0.6 is 34.8 Å². The normalized spacial score (nSPS) is 12.6. The Morgan fingerprint density at radius 1 is 1.00 bits per heavy atom. The topological polar surface area (TPSA) is 139 Å². The van der Waals surface area contributed by atoms with Crippen LogP contribution in [0.5, 0.6) is 5.75 Å². The molecule has 46 heavy (non-hydrogen) atoms. The van der Waals surface area contributed by atoms with Crippen LogP contribution in [0.25, 0.3) is 0 Å². The number of nitrogens with zero attached hydrogens (tertiary/aromatic N) is 3. The molecule has 0 aliphatic heterocycles. The van der Waals surface area contributed by atoms with Gasteiger partial charge in [-0.1, -0.05) is 60.8 Å². The Bertz CT molecular complexity index is 1720. The van der Waals surface area contributed by atoms with E-state index in [2.05, 4.69) is 5.32 Å². The Morgan fingerprint density at radius 2 is 1.65 bits per heavy atom. The molecule has 0 saturated carbocycles. The zero-order valence-corrected chi connectivity index (χ0v) is 29.0. The highest BCUT2D eigenvalue weighted by molar-refractivity contribution is 7.92. The lowest BCUT2D eigenvalue weighted by Gasteiger charge is -2.34. The number of sulfonamides is 1. The van der Waals surface area contributed by atoms with Crippen LogP contribution in [0.3, 0.4) is 0 Å². The molecule has 0 unspecified atom stereocenters. The van der Waals surface area contributed by atoms with Gasteiger partial charge in [0.1, 0.15) is 18.3 Å². The number of rotatable bonds is 14. The zero-order valence-electron chi connectivity index (χ0n) is 25.9. The van der Waals surface area contributed by atoms with Crippen molar-refractivity contribution in [2.45, 2.75) is 64.1 Å². The van der Waals surface area contributed by atoms with Gasteiger partial charge in [0.25, 0.3) is 15.7 Å². The molecule has 15 heteroatoms. The van der Waals surface area contributed by atoms with Crippen molar-refractivity contribution in [2.75, 3.05) is 18.0 Å². The summed E-state index contributed by atoms with van der Waals surface area (Å²) in [4.78, 5) is 39.6. The van der Waals surface area contributed by atoms with Crippen molar-refractivity contribution in [1.82, 2.24) is 10.2 Å². The lowest BCUT2D eigenvalue weighted by Crippen LogP contribution is -2.53. The number of hydrogen-bond acceptors (Lipinski definition) is 7. The summed E-state index contributed by atoms with van der Waals surface area (Å²) in [6, 6.07) is 11.2. The number of nitrogens with one attached hydrogen (secondary N) is 1. The summed E-state index contributed by atoms with van der Waals surface area (Å²) in [7, 11) is -3.35. The van der Waals surface area contributed by atoms with Gasteiger partial charge in [-0.2, -0.15) is 0 Å². The van der Waals surface area contributed by atoms with Gasteiger partial charge in [-0.25, -0.2) is 8.42 Å². The van der Waals surface area contributed by atoms with E-state index in [4.69, 9.17) is 39.5 Å². The number of benzene rings is 3. The Kier molecular flexibility index (Phi) is 12.7. The van der Waals surface area contributed by atoms with Crippen molar-refractivity contribution in [3.63, 3.8) is 0 Å². The first kappa shape index (κ1) is 36.9. The highest BCUT2D eigenvalue weighted by atomic mass is 35.5. The van der Waals surface area contributed by atoms with E-state index in [1.54, 1.807) is 19.1 Å². The predicted octanol–water partition coefficient (Wildman–Crippen LogP) is 6.79. The van der Waals surface area contributed by atoms with Crippen LogP contribution in [0.4, 0.5) is 11.4 Å². The quantitative estimate of drug-likeness (QED) is 0.143. The maximum Gasteiger partial charge on any atom is 0.273 e. The van der Waals surface area contributed by atoms with Gasteiger partial charge < -0.3 is 15.0 Å². The lowest BCUT2D eigenvalue weighted by molar-refractivity contribution is -0.385. The van der Waals surface area contributed by atoms with E-state index < -0.39 is 49.9 Å². The molecular weight excluding hydrogens is 679 g/mol. The summed E-state index contributed by atoms with van der Waals surface area (Å²) in [5.41, 5.74) is 0.208. The minimum atomic E-state index is -4.67. The Hall–Kier alpha value is -3.58.